The van der Waals surface area contributed by atoms with Gasteiger partial charge in [-0.2, -0.15) is 0 Å². The minimum Gasteiger partial charge on any atom is -0.329 e. The molecule has 0 aromatic heterocycles. The first-order valence-corrected chi connectivity index (χ1v) is 9.21. The molecule has 3 aliphatic rings. The van der Waals surface area contributed by atoms with Gasteiger partial charge in [-0.1, -0.05) is 19.8 Å². The molecular weight excluding hydrogens is 244 g/mol. The Morgan fingerprint density at radius 1 is 1.05 bits per heavy atom. The molecule has 0 atom stereocenters. The van der Waals surface area contributed by atoms with Crippen molar-refractivity contribution in [3.8, 4) is 0 Å². The minimum absolute atomic E-state index is 0.284. The van der Waals surface area contributed by atoms with Gasteiger partial charge in [0.15, 0.2) is 0 Å². The molecule has 3 aliphatic carbocycles. The monoisotopic (exact) mass is 278 g/mol. The van der Waals surface area contributed by atoms with Crippen molar-refractivity contribution in [3.63, 3.8) is 0 Å². The van der Waals surface area contributed by atoms with Crippen LogP contribution < -0.4 is 11.1 Å². The molecule has 0 spiro atoms. The third kappa shape index (κ3) is 3.57. The molecular formula is C18H34N2. The molecule has 0 amide bonds. The number of hydrogen-bond donors (Lipinski definition) is 2. The summed E-state index contributed by atoms with van der Waals surface area (Å²) in [5.74, 6) is 4.07. The average molecular weight is 278 g/mol. The van der Waals surface area contributed by atoms with Crippen molar-refractivity contribution in [1.82, 2.24) is 5.32 Å². The lowest BCUT2D eigenvalue weighted by molar-refractivity contribution is 0.174. The van der Waals surface area contributed by atoms with Crippen LogP contribution in [-0.2, 0) is 0 Å². The van der Waals surface area contributed by atoms with Crippen molar-refractivity contribution in [2.24, 2.45) is 29.4 Å². The SMILES string of the molecule is CCCC1CCC(CN)(NCC(C2CC2)C2CC2)CC1. The summed E-state index contributed by atoms with van der Waals surface area (Å²) in [5.41, 5.74) is 6.45. The van der Waals surface area contributed by atoms with Crippen LogP contribution in [-0.4, -0.2) is 18.6 Å². The Labute approximate surface area is 125 Å². The largest absolute Gasteiger partial charge is 0.329 e. The summed E-state index contributed by atoms with van der Waals surface area (Å²) in [7, 11) is 0. The van der Waals surface area contributed by atoms with Gasteiger partial charge in [-0.15, -0.1) is 0 Å². The molecule has 0 bridgehead atoms. The van der Waals surface area contributed by atoms with Gasteiger partial charge >= 0.3 is 0 Å². The molecule has 3 N–H and O–H groups in total. The molecule has 20 heavy (non-hydrogen) atoms. The number of nitrogens with one attached hydrogen (secondary N) is 1. The first kappa shape index (κ1) is 14.8. The minimum atomic E-state index is 0.284. The second-order valence-electron chi connectivity index (χ2n) is 7.94. The molecule has 2 heteroatoms. The van der Waals surface area contributed by atoms with Gasteiger partial charge in [-0.3, -0.25) is 0 Å². The number of nitrogens with two attached hydrogens (primary N) is 1. The molecule has 0 radical (unpaired) electrons. The second kappa shape index (κ2) is 6.36. The Kier molecular flexibility index (Phi) is 4.72. The van der Waals surface area contributed by atoms with Crippen LogP contribution in [0.3, 0.4) is 0 Å². The Hall–Kier alpha value is -0.0800. The van der Waals surface area contributed by atoms with Gasteiger partial charge in [-0.25, -0.2) is 0 Å². The number of rotatable bonds is 8. The third-order valence-corrected chi connectivity index (χ3v) is 6.32. The van der Waals surface area contributed by atoms with Gasteiger partial charge in [0.1, 0.15) is 0 Å². The maximum absolute atomic E-state index is 6.16. The Bertz CT molecular complexity index is 287. The van der Waals surface area contributed by atoms with Crippen LogP contribution in [0.15, 0.2) is 0 Å². The van der Waals surface area contributed by atoms with Gasteiger partial charge in [0.05, 0.1) is 0 Å². The quantitative estimate of drug-likeness (QED) is 0.710. The Morgan fingerprint density at radius 3 is 2.10 bits per heavy atom. The van der Waals surface area contributed by atoms with Crippen molar-refractivity contribution < 1.29 is 0 Å². The Morgan fingerprint density at radius 2 is 1.65 bits per heavy atom. The molecule has 3 fully saturated rings. The summed E-state index contributed by atoms with van der Waals surface area (Å²) in [6.07, 6.45) is 14.2. The molecule has 3 saturated carbocycles. The van der Waals surface area contributed by atoms with Crippen LogP contribution in [0.2, 0.25) is 0 Å². The summed E-state index contributed by atoms with van der Waals surface area (Å²) in [6.45, 7) is 4.41. The van der Waals surface area contributed by atoms with Gasteiger partial charge in [0.25, 0.3) is 0 Å². The highest BCUT2D eigenvalue weighted by molar-refractivity contribution is 4.98. The molecule has 2 nitrogen and oxygen atoms in total. The summed E-state index contributed by atoms with van der Waals surface area (Å²) >= 11 is 0. The fourth-order valence-corrected chi connectivity index (χ4v) is 4.48. The van der Waals surface area contributed by atoms with Crippen LogP contribution in [0.1, 0.15) is 71.1 Å². The molecule has 0 aromatic rings. The fourth-order valence-electron chi connectivity index (χ4n) is 4.48. The summed E-state index contributed by atoms with van der Waals surface area (Å²) in [4.78, 5) is 0. The first-order chi connectivity index (χ1) is 9.76. The van der Waals surface area contributed by atoms with Gasteiger partial charge in [-0.05, 0) is 81.6 Å². The average Bonchev–Trinajstić information content (AvgIpc) is 3.35. The number of hydrogen-bond acceptors (Lipinski definition) is 2. The third-order valence-electron chi connectivity index (χ3n) is 6.32. The lowest BCUT2D eigenvalue weighted by Crippen LogP contribution is -2.54. The Balaban J connectivity index is 1.48. The second-order valence-corrected chi connectivity index (χ2v) is 7.94. The summed E-state index contributed by atoms with van der Waals surface area (Å²) in [5, 5.41) is 3.97. The summed E-state index contributed by atoms with van der Waals surface area (Å²) in [6, 6.07) is 0. The predicted octanol–water partition coefficient (Wildman–Crippen LogP) is 3.70. The molecule has 0 aromatic carbocycles. The summed E-state index contributed by atoms with van der Waals surface area (Å²) < 4.78 is 0. The van der Waals surface area contributed by atoms with Crippen LogP contribution in [0.4, 0.5) is 0 Å². The maximum Gasteiger partial charge on any atom is 0.0304 e. The van der Waals surface area contributed by atoms with Crippen molar-refractivity contribution in [2.75, 3.05) is 13.1 Å². The maximum atomic E-state index is 6.16. The van der Waals surface area contributed by atoms with Crippen LogP contribution in [0, 0.1) is 23.7 Å². The van der Waals surface area contributed by atoms with Crippen molar-refractivity contribution in [1.29, 1.82) is 0 Å². The molecule has 0 unspecified atom stereocenters. The van der Waals surface area contributed by atoms with E-state index in [1.54, 1.807) is 0 Å². The van der Waals surface area contributed by atoms with Crippen LogP contribution >= 0.6 is 0 Å². The van der Waals surface area contributed by atoms with E-state index in [0.717, 1.165) is 30.2 Å². The topological polar surface area (TPSA) is 38.0 Å². The van der Waals surface area contributed by atoms with Crippen molar-refractivity contribution in [3.05, 3.63) is 0 Å². The van der Waals surface area contributed by atoms with Crippen molar-refractivity contribution >= 4 is 0 Å². The van der Waals surface area contributed by atoms with E-state index in [9.17, 15) is 0 Å². The van der Waals surface area contributed by atoms with E-state index in [4.69, 9.17) is 5.73 Å². The molecule has 116 valence electrons. The van der Waals surface area contributed by atoms with E-state index in [1.807, 2.05) is 0 Å². The van der Waals surface area contributed by atoms with E-state index in [2.05, 4.69) is 12.2 Å². The van der Waals surface area contributed by atoms with Gasteiger partial charge in [0.2, 0.25) is 0 Å². The van der Waals surface area contributed by atoms with E-state index in [-0.39, 0.29) is 5.54 Å². The van der Waals surface area contributed by atoms with Crippen LogP contribution in [0.5, 0.6) is 0 Å². The zero-order chi connectivity index (χ0) is 14.0. The normalized spacial score (nSPS) is 34.6. The molecule has 0 heterocycles. The zero-order valence-corrected chi connectivity index (χ0v) is 13.4. The van der Waals surface area contributed by atoms with Gasteiger partial charge in [0, 0.05) is 12.1 Å². The smallest absolute Gasteiger partial charge is 0.0304 e. The predicted molar refractivity (Wildman–Crippen MR) is 85.6 cm³/mol. The zero-order valence-electron chi connectivity index (χ0n) is 13.4. The van der Waals surface area contributed by atoms with E-state index in [0.29, 0.717) is 0 Å². The molecule has 0 aliphatic heterocycles. The van der Waals surface area contributed by atoms with Gasteiger partial charge < -0.3 is 11.1 Å². The lowest BCUT2D eigenvalue weighted by Gasteiger charge is -2.41. The standard InChI is InChI=1S/C18H34N2/c1-2-3-14-8-10-18(13-19,11-9-14)20-12-17(15-4-5-15)16-6-7-16/h14-17,20H,2-13,19H2,1H3. The van der Waals surface area contributed by atoms with E-state index >= 15 is 0 Å². The highest BCUT2D eigenvalue weighted by Crippen LogP contribution is 2.49. The first-order valence-electron chi connectivity index (χ1n) is 9.21. The highest BCUT2D eigenvalue weighted by atomic mass is 15.0. The lowest BCUT2D eigenvalue weighted by atomic mass is 9.75. The highest BCUT2D eigenvalue weighted by Gasteiger charge is 2.42. The van der Waals surface area contributed by atoms with Crippen molar-refractivity contribution in [2.45, 2.75) is 76.7 Å². The fraction of sp³-hybridized carbons (Fsp3) is 1.00. The molecule has 3 rings (SSSR count). The molecule has 0 saturated heterocycles. The van der Waals surface area contributed by atoms with Crippen LogP contribution in [0.25, 0.3) is 0 Å². The van der Waals surface area contributed by atoms with E-state index < -0.39 is 0 Å². The van der Waals surface area contributed by atoms with E-state index in [1.165, 1.54) is 70.8 Å².